The van der Waals surface area contributed by atoms with Gasteiger partial charge in [0, 0.05) is 73.6 Å². The topological polar surface area (TPSA) is 260 Å². The molecular weight excluding hydrogens is 1140 g/mol. The summed E-state index contributed by atoms with van der Waals surface area (Å²) in [7, 11) is -20.0. The van der Waals surface area contributed by atoms with Crippen LogP contribution in [0.2, 0.25) is 0 Å². The molecule has 12 rings (SSSR count). The molecule has 414 valence electrons. The normalized spacial score (nSPS) is 12.6. The predicted octanol–water partition coefficient (Wildman–Crippen LogP) is 12.1. The van der Waals surface area contributed by atoms with Crippen molar-refractivity contribution in [2.24, 2.45) is 10.2 Å². The van der Waals surface area contributed by atoms with Crippen LogP contribution in [0.25, 0.3) is 44.4 Å². The summed E-state index contributed by atoms with van der Waals surface area (Å²) in [5.74, 6) is 0. The van der Waals surface area contributed by atoms with E-state index in [0.29, 0.717) is 11.1 Å². The van der Waals surface area contributed by atoms with Gasteiger partial charge in [-0.2, -0.15) is 5.11 Å². The zero-order valence-electron chi connectivity index (χ0n) is 43.1. The lowest BCUT2D eigenvalue weighted by molar-refractivity contribution is 0.112. The molecule has 1 aliphatic rings. The van der Waals surface area contributed by atoms with Crippen LogP contribution >= 0.6 is 0 Å². The smallest absolute Gasteiger partial charge is 0.226 e. The molecule has 0 radical (unpaired) electrons. The van der Waals surface area contributed by atoms with Gasteiger partial charge in [0.25, 0.3) is 0 Å². The fourth-order valence-corrected chi connectivity index (χ4v) is 17.7. The highest BCUT2D eigenvalue weighted by Crippen LogP contribution is 2.36. The van der Waals surface area contributed by atoms with Crippen LogP contribution in [0.3, 0.4) is 0 Å². The Kier molecular flexibility index (Phi) is 17.3. The number of fused-ring (bicyclic) bond motifs is 3. The van der Waals surface area contributed by atoms with Crippen molar-refractivity contribution in [3.8, 4) is 0 Å². The van der Waals surface area contributed by atoms with Crippen molar-refractivity contribution in [1.29, 1.82) is 0 Å². The summed E-state index contributed by atoms with van der Waals surface area (Å²) >= 11 is 0. The molecule has 1 aliphatic heterocycles. The number of aromatic amines is 3. The number of carbonyl (C=O) groups excluding carboxylic acids is 1. The van der Waals surface area contributed by atoms with E-state index in [0.717, 1.165) is 50.1 Å². The van der Waals surface area contributed by atoms with E-state index >= 15 is 0 Å². The van der Waals surface area contributed by atoms with Crippen molar-refractivity contribution in [2.45, 2.75) is 24.5 Å². The lowest BCUT2D eigenvalue weighted by Gasteiger charge is -2.11. The third kappa shape index (κ3) is 12.7. The van der Waals surface area contributed by atoms with Gasteiger partial charge in [-0.25, -0.2) is 42.1 Å². The molecule has 0 saturated heterocycles. The minimum absolute atomic E-state index is 0.00880. The number of rotatable bonds is 13. The Morgan fingerprint density at radius 3 is 1.21 bits per heavy atom. The van der Waals surface area contributed by atoms with Crippen LogP contribution in [0.5, 0.6) is 0 Å². The van der Waals surface area contributed by atoms with Crippen molar-refractivity contribution in [1.82, 2.24) is 15.0 Å². The fraction of sp³-hybridized carbons (Fsp3) is 0.0328. The van der Waals surface area contributed by atoms with Gasteiger partial charge in [0.15, 0.2) is 40.3 Å². The Hall–Kier alpha value is -9.12. The van der Waals surface area contributed by atoms with Gasteiger partial charge in [-0.15, -0.1) is 5.11 Å². The Morgan fingerprint density at radius 1 is 0.402 bits per heavy atom. The third-order valence-electron chi connectivity index (χ3n) is 12.7. The maximum absolute atomic E-state index is 13.4. The highest BCUT2D eigenvalue weighted by molar-refractivity contribution is 8.14. The number of azo groups is 1. The number of benzene rings is 8. The molecule has 82 heavy (non-hydrogen) atoms. The SMILES string of the molecule is O=Cc1c[nH]c2ccccc12.O=S(=O)(C(=Cc1c[nH]c2ccccc12)S(=O)(=O)c1ccccc1)c1ccccc1.O=S(=O)(C1=C(c2c[nH]c3ccccc23)CN=N1)c1ccccc1.O=S(=O)(CS(=O)(=O)c1ccccc1)c1ccccc1. The summed E-state index contributed by atoms with van der Waals surface area (Å²) in [6.45, 7) is 0.267. The predicted molar refractivity (Wildman–Crippen MR) is 318 cm³/mol. The van der Waals surface area contributed by atoms with Gasteiger partial charge in [-0.05, 0) is 84.9 Å². The summed E-state index contributed by atoms with van der Waals surface area (Å²) in [6, 6.07) is 61.4. The van der Waals surface area contributed by atoms with Gasteiger partial charge in [0.1, 0.15) is 0 Å². The van der Waals surface area contributed by atoms with Gasteiger partial charge < -0.3 is 15.0 Å². The highest BCUT2D eigenvalue weighted by atomic mass is 32.3. The number of aldehydes is 1. The van der Waals surface area contributed by atoms with Gasteiger partial charge in [-0.1, -0.05) is 146 Å². The van der Waals surface area contributed by atoms with E-state index in [1.165, 1.54) is 54.6 Å². The minimum Gasteiger partial charge on any atom is -0.361 e. The largest absolute Gasteiger partial charge is 0.361 e. The van der Waals surface area contributed by atoms with E-state index in [1.54, 1.807) is 122 Å². The summed E-state index contributed by atoms with van der Waals surface area (Å²) in [5.41, 5.74) is 5.42. The number of hydrogen-bond acceptors (Lipinski definition) is 13. The molecule has 4 heterocycles. The van der Waals surface area contributed by atoms with Crippen LogP contribution in [0.15, 0.2) is 287 Å². The number of nitrogens with one attached hydrogen (secondary N) is 3. The Bertz CT molecular complexity index is 4620. The van der Waals surface area contributed by atoms with Crippen molar-refractivity contribution in [2.75, 3.05) is 11.6 Å². The standard InChI is InChI=1S/C22H17NO4S2.C17H13N3O2S.C13H12O4S2.C9H7NO/c24-28(25,18-9-3-1-4-10-18)22(29(26,27)19-11-5-2-6-12-19)15-17-16-23-21-14-8-7-13-20(17)21;21-23(22,12-6-2-1-3-7-12)17-15(11-19-20-17)14-10-18-16-9-5-4-8-13(14)16;14-18(15,12-7-3-1-4-8-12)11-19(16,17)13-9-5-2-6-10-13;11-6-7-5-10-9-4-2-1-3-8(7)9/h1-16,23H;1-10,18H,11H2;1-10H,11H2;1-6,10H. The third-order valence-corrected chi connectivity index (χ3v) is 23.3. The van der Waals surface area contributed by atoms with Crippen molar-refractivity contribution in [3.05, 3.63) is 269 Å². The van der Waals surface area contributed by atoms with E-state index < -0.39 is 58.5 Å². The van der Waals surface area contributed by atoms with E-state index in [-0.39, 0.29) is 36.1 Å². The molecule has 0 saturated carbocycles. The molecule has 11 aromatic rings. The fourth-order valence-electron chi connectivity index (χ4n) is 8.61. The van der Waals surface area contributed by atoms with Gasteiger partial charge in [0.2, 0.25) is 29.5 Å². The first-order valence-corrected chi connectivity index (χ1v) is 32.6. The molecular formula is C61H49N5O11S5. The molecule has 0 fully saturated rings. The Labute approximate surface area is 473 Å². The molecule has 0 aliphatic carbocycles. The van der Waals surface area contributed by atoms with Crippen LogP contribution in [0.4, 0.5) is 0 Å². The zero-order valence-corrected chi connectivity index (χ0v) is 47.2. The molecule has 21 heteroatoms. The second-order valence-electron chi connectivity index (χ2n) is 18.0. The number of carbonyl (C=O) groups is 1. The van der Waals surface area contributed by atoms with E-state index in [4.69, 9.17) is 0 Å². The molecule has 16 nitrogen and oxygen atoms in total. The number of hydrogen-bond donors (Lipinski definition) is 3. The van der Waals surface area contributed by atoms with Crippen molar-refractivity contribution >= 4 is 99.8 Å². The van der Waals surface area contributed by atoms with E-state index in [9.17, 15) is 46.9 Å². The monoisotopic (exact) mass is 1190 g/mol. The van der Waals surface area contributed by atoms with Gasteiger partial charge >= 0.3 is 0 Å². The van der Waals surface area contributed by atoms with Crippen LogP contribution in [-0.4, -0.2) is 75.0 Å². The molecule has 8 aromatic carbocycles. The summed E-state index contributed by atoms with van der Waals surface area (Å²) < 4.78 is 127. The quantitative estimate of drug-likeness (QED) is 0.0914. The first-order chi connectivity index (χ1) is 39.4. The minimum atomic E-state index is -4.29. The van der Waals surface area contributed by atoms with E-state index in [1.807, 2.05) is 72.9 Å². The van der Waals surface area contributed by atoms with Gasteiger partial charge in [0.05, 0.1) is 31.0 Å². The summed E-state index contributed by atoms with van der Waals surface area (Å²) in [6.07, 6.45) is 7.22. The van der Waals surface area contributed by atoms with Gasteiger partial charge in [-0.3, -0.25) is 4.79 Å². The first-order valence-electron chi connectivity index (χ1n) is 24.8. The van der Waals surface area contributed by atoms with Crippen molar-refractivity contribution in [3.63, 3.8) is 0 Å². The highest BCUT2D eigenvalue weighted by Gasteiger charge is 2.34. The van der Waals surface area contributed by atoms with Crippen LogP contribution in [0, 0.1) is 0 Å². The lowest BCUT2D eigenvalue weighted by atomic mass is 10.1. The maximum atomic E-state index is 13.4. The van der Waals surface area contributed by atoms with Crippen LogP contribution in [0.1, 0.15) is 21.5 Å². The zero-order chi connectivity index (χ0) is 58.0. The Morgan fingerprint density at radius 2 is 0.756 bits per heavy atom. The molecule has 3 N–H and O–H groups in total. The second kappa shape index (κ2) is 24.7. The van der Waals surface area contributed by atoms with Crippen LogP contribution in [-0.2, 0) is 49.2 Å². The lowest BCUT2D eigenvalue weighted by Crippen LogP contribution is -2.16. The Balaban J connectivity index is 0.000000138. The van der Waals surface area contributed by atoms with Crippen molar-refractivity contribution < 1.29 is 46.9 Å². The number of para-hydroxylation sites is 3. The number of H-pyrrole nitrogens is 3. The number of aromatic nitrogens is 3. The molecule has 0 atom stereocenters. The number of nitrogens with zero attached hydrogens (tertiary/aromatic N) is 2. The summed E-state index contributed by atoms with van der Waals surface area (Å²) in [4.78, 5) is 19.8. The first kappa shape index (κ1) is 57.6. The average Bonchev–Trinajstić information content (AvgIpc) is 4.46. The van der Waals surface area contributed by atoms with Crippen LogP contribution < -0.4 is 0 Å². The molecule has 0 unspecified atom stereocenters. The summed E-state index contributed by atoms with van der Waals surface area (Å²) in [5, 5.41) is 9.69. The maximum Gasteiger partial charge on any atom is 0.226 e. The molecule has 3 aromatic heterocycles. The second-order valence-corrected chi connectivity index (χ2v) is 28.3. The molecule has 0 amide bonds. The average molecular weight is 1190 g/mol. The molecule has 0 bridgehead atoms. The molecule has 0 spiro atoms. The van der Waals surface area contributed by atoms with E-state index in [2.05, 4.69) is 25.2 Å². The number of sulfone groups is 5.